The maximum atomic E-state index is 11.0. The number of fused-ring (bicyclic) bond motifs is 1. The van der Waals surface area contributed by atoms with Crippen LogP contribution < -0.4 is 5.90 Å². The number of likely N-dealkylation sites (tertiary alicyclic amines) is 1. The first-order valence-corrected chi connectivity index (χ1v) is 7.66. The van der Waals surface area contributed by atoms with Crippen LogP contribution in [0.1, 0.15) is 18.4 Å². The number of aromatic nitrogens is 1. The molecule has 1 aliphatic heterocycles. The van der Waals surface area contributed by atoms with Crippen LogP contribution in [0.3, 0.4) is 0 Å². The Labute approximate surface area is 129 Å². The number of rotatable bonds is 5. The van der Waals surface area contributed by atoms with E-state index in [9.17, 15) is 4.79 Å². The van der Waals surface area contributed by atoms with E-state index >= 15 is 0 Å². The predicted molar refractivity (Wildman–Crippen MR) is 86.9 cm³/mol. The van der Waals surface area contributed by atoms with Gasteiger partial charge in [0.1, 0.15) is 0 Å². The highest BCUT2D eigenvalue weighted by atomic mass is 16.7. The molecule has 5 nitrogen and oxygen atoms in total. The number of nitrogens with zero attached hydrogens (tertiary/aromatic N) is 2. The average Bonchev–Trinajstić information content (AvgIpc) is 3.19. The summed E-state index contributed by atoms with van der Waals surface area (Å²) in [6, 6.07) is 8.25. The van der Waals surface area contributed by atoms with E-state index in [1.54, 1.807) is 6.08 Å². The molecular formula is C17H21N3O2. The third kappa shape index (κ3) is 3.37. The first-order valence-electron chi connectivity index (χ1n) is 7.66. The Bertz CT molecular complexity index is 684. The lowest BCUT2D eigenvalue weighted by atomic mass is 10.1. The average molecular weight is 299 g/mol. The zero-order valence-corrected chi connectivity index (χ0v) is 12.6. The standard InChI is InChI=1S/C17H21N3O2/c18-22-17(21)6-4-14-3-5-16-15(13-14)7-10-20(16)12-11-19-8-1-2-9-19/h3-7,10,13H,1-2,8-9,11-12,18H2/b6-4+. The Morgan fingerprint density at radius 3 is 2.82 bits per heavy atom. The Morgan fingerprint density at radius 2 is 2.05 bits per heavy atom. The normalized spacial score (nSPS) is 15.9. The Balaban J connectivity index is 1.71. The fourth-order valence-electron chi connectivity index (χ4n) is 2.98. The van der Waals surface area contributed by atoms with Crippen LogP contribution in [0.15, 0.2) is 36.5 Å². The van der Waals surface area contributed by atoms with E-state index < -0.39 is 5.97 Å². The minimum absolute atomic E-state index is 0.553. The van der Waals surface area contributed by atoms with Gasteiger partial charge in [-0.25, -0.2) is 4.79 Å². The van der Waals surface area contributed by atoms with Crippen LogP contribution in [-0.2, 0) is 16.2 Å². The summed E-state index contributed by atoms with van der Waals surface area (Å²) in [7, 11) is 0. The van der Waals surface area contributed by atoms with Crippen LogP contribution in [0.25, 0.3) is 17.0 Å². The predicted octanol–water partition coefficient (Wildman–Crippen LogP) is 2.17. The molecule has 1 saturated heterocycles. The molecule has 0 bridgehead atoms. The molecule has 0 unspecified atom stereocenters. The van der Waals surface area contributed by atoms with Gasteiger partial charge in [-0.1, -0.05) is 6.07 Å². The molecule has 3 rings (SSSR count). The van der Waals surface area contributed by atoms with Gasteiger partial charge in [0.05, 0.1) is 0 Å². The Hall–Kier alpha value is -2.11. The summed E-state index contributed by atoms with van der Waals surface area (Å²) in [6.45, 7) is 4.57. The molecule has 0 saturated carbocycles. The van der Waals surface area contributed by atoms with E-state index in [0.29, 0.717) is 0 Å². The summed E-state index contributed by atoms with van der Waals surface area (Å²) in [6.07, 6.45) is 7.81. The fourth-order valence-corrected chi connectivity index (χ4v) is 2.98. The van der Waals surface area contributed by atoms with Crippen molar-refractivity contribution in [3.63, 3.8) is 0 Å². The van der Waals surface area contributed by atoms with Crippen LogP contribution in [0.2, 0.25) is 0 Å². The second kappa shape index (κ2) is 6.77. The van der Waals surface area contributed by atoms with Gasteiger partial charge in [0, 0.05) is 36.3 Å². The van der Waals surface area contributed by atoms with Gasteiger partial charge in [0.15, 0.2) is 0 Å². The van der Waals surface area contributed by atoms with Crippen LogP contribution in [0.4, 0.5) is 0 Å². The smallest absolute Gasteiger partial charge is 0.349 e. The molecule has 116 valence electrons. The number of nitrogens with two attached hydrogens (primary N) is 1. The highest BCUT2D eigenvalue weighted by Gasteiger charge is 2.11. The molecule has 0 spiro atoms. The second-order valence-electron chi connectivity index (χ2n) is 5.65. The van der Waals surface area contributed by atoms with Crippen LogP contribution in [0, 0.1) is 0 Å². The third-order valence-corrected chi connectivity index (χ3v) is 4.18. The molecule has 0 radical (unpaired) electrons. The third-order valence-electron chi connectivity index (χ3n) is 4.18. The Morgan fingerprint density at radius 1 is 1.23 bits per heavy atom. The van der Waals surface area contributed by atoms with Crippen molar-refractivity contribution in [2.24, 2.45) is 5.90 Å². The number of carbonyl (C=O) groups excluding carboxylic acids is 1. The largest absolute Gasteiger partial charge is 0.370 e. The number of hydrogen-bond acceptors (Lipinski definition) is 4. The van der Waals surface area contributed by atoms with Crippen molar-refractivity contribution in [3.8, 4) is 0 Å². The first kappa shape index (κ1) is 14.8. The molecule has 1 aliphatic rings. The lowest BCUT2D eigenvalue weighted by molar-refractivity contribution is -0.138. The van der Waals surface area contributed by atoms with E-state index in [2.05, 4.69) is 38.7 Å². The van der Waals surface area contributed by atoms with Gasteiger partial charge >= 0.3 is 5.97 Å². The SMILES string of the molecule is NOC(=O)/C=C/c1ccc2c(ccn2CCN2CCCC2)c1. The molecule has 1 aromatic carbocycles. The van der Waals surface area contributed by atoms with Crippen molar-refractivity contribution in [1.82, 2.24) is 9.47 Å². The zero-order chi connectivity index (χ0) is 15.4. The van der Waals surface area contributed by atoms with Gasteiger partial charge < -0.3 is 14.3 Å². The maximum absolute atomic E-state index is 11.0. The van der Waals surface area contributed by atoms with Crippen molar-refractivity contribution >= 4 is 22.9 Å². The fraction of sp³-hybridized carbons (Fsp3) is 0.353. The topological polar surface area (TPSA) is 60.5 Å². The molecule has 0 amide bonds. The summed E-state index contributed by atoms with van der Waals surface area (Å²) in [4.78, 5) is 17.6. The lowest BCUT2D eigenvalue weighted by Crippen LogP contribution is -2.23. The zero-order valence-electron chi connectivity index (χ0n) is 12.6. The van der Waals surface area contributed by atoms with Crippen molar-refractivity contribution in [2.75, 3.05) is 19.6 Å². The second-order valence-corrected chi connectivity index (χ2v) is 5.65. The maximum Gasteiger partial charge on any atom is 0.349 e. The molecule has 1 aromatic heterocycles. The van der Waals surface area contributed by atoms with Crippen molar-refractivity contribution in [1.29, 1.82) is 0 Å². The molecule has 1 fully saturated rings. The van der Waals surface area contributed by atoms with Gasteiger partial charge in [0.2, 0.25) is 0 Å². The van der Waals surface area contributed by atoms with E-state index in [4.69, 9.17) is 5.90 Å². The van der Waals surface area contributed by atoms with E-state index in [1.807, 2.05) is 6.07 Å². The van der Waals surface area contributed by atoms with Gasteiger partial charge in [-0.15, -0.1) is 0 Å². The molecule has 5 heteroatoms. The van der Waals surface area contributed by atoms with Crippen molar-refractivity contribution < 1.29 is 9.63 Å². The first-order chi connectivity index (χ1) is 10.8. The molecular weight excluding hydrogens is 278 g/mol. The molecule has 2 aromatic rings. The molecule has 2 heterocycles. The molecule has 22 heavy (non-hydrogen) atoms. The highest BCUT2D eigenvalue weighted by Crippen LogP contribution is 2.19. The van der Waals surface area contributed by atoms with E-state index in [1.165, 1.54) is 42.9 Å². The summed E-state index contributed by atoms with van der Waals surface area (Å²) in [5.74, 6) is 4.25. The summed E-state index contributed by atoms with van der Waals surface area (Å²) < 4.78 is 2.29. The quantitative estimate of drug-likeness (QED) is 0.679. The Kier molecular flexibility index (Phi) is 4.56. The summed E-state index contributed by atoms with van der Waals surface area (Å²) >= 11 is 0. The monoisotopic (exact) mass is 299 g/mol. The number of carbonyl (C=O) groups is 1. The number of hydrogen-bond donors (Lipinski definition) is 1. The van der Waals surface area contributed by atoms with Crippen molar-refractivity contribution in [3.05, 3.63) is 42.1 Å². The summed E-state index contributed by atoms with van der Waals surface area (Å²) in [5.41, 5.74) is 2.17. The van der Waals surface area contributed by atoms with Crippen molar-refractivity contribution in [2.45, 2.75) is 19.4 Å². The van der Waals surface area contributed by atoms with Gasteiger partial charge in [-0.2, -0.15) is 5.90 Å². The minimum atomic E-state index is -0.553. The van der Waals surface area contributed by atoms with Gasteiger partial charge in [-0.3, -0.25) is 0 Å². The molecule has 2 N–H and O–H groups in total. The van der Waals surface area contributed by atoms with Crippen LogP contribution in [-0.4, -0.2) is 35.1 Å². The minimum Gasteiger partial charge on any atom is -0.370 e. The summed E-state index contributed by atoms with van der Waals surface area (Å²) in [5, 5.41) is 1.17. The highest BCUT2D eigenvalue weighted by molar-refractivity contribution is 5.88. The lowest BCUT2D eigenvalue weighted by Gasteiger charge is -2.15. The van der Waals surface area contributed by atoms with Crippen LogP contribution in [0.5, 0.6) is 0 Å². The van der Waals surface area contributed by atoms with Gasteiger partial charge in [-0.05, 0) is 55.8 Å². The van der Waals surface area contributed by atoms with E-state index in [0.717, 1.165) is 18.7 Å². The van der Waals surface area contributed by atoms with Gasteiger partial charge in [0.25, 0.3) is 0 Å². The molecule has 0 atom stereocenters. The van der Waals surface area contributed by atoms with Crippen LogP contribution >= 0.6 is 0 Å². The van der Waals surface area contributed by atoms with E-state index in [-0.39, 0.29) is 0 Å². The number of benzene rings is 1. The molecule has 0 aliphatic carbocycles.